The molecule has 2 aliphatic rings. The zero-order valence-corrected chi connectivity index (χ0v) is 13.6. The first-order chi connectivity index (χ1) is 12.3. The monoisotopic (exact) mass is 340 g/mol. The minimum absolute atomic E-state index is 0.199. The predicted molar refractivity (Wildman–Crippen MR) is 87.0 cm³/mol. The third kappa shape index (κ3) is 2.46. The molecule has 1 aliphatic heterocycles. The Balaban J connectivity index is 1.56. The van der Waals surface area contributed by atoms with Crippen molar-refractivity contribution in [1.82, 2.24) is 19.9 Å². The molecule has 1 aromatic carbocycles. The van der Waals surface area contributed by atoms with Gasteiger partial charge in [-0.1, -0.05) is 5.16 Å². The van der Waals surface area contributed by atoms with E-state index in [0.717, 1.165) is 54.9 Å². The first kappa shape index (κ1) is 14.8. The zero-order valence-electron chi connectivity index (χ0n) is 13.6. The smallest absolute Gasteiger partial charge is 0.278 e. The van der Waals surface area contributed by atoms with Crippen LogP contribution in [0.25, 0.3) is 17.3 Å². The summed E-state index contributed by atoms with van der Waals surface area (Å²) in [5.41, 5.74) is 3.89. The van der Waals surface area contributed by atoms with Crippen molar-refractivity contribution in [2.24, 2.45) is 0 Å². The van der Waals surface area contributed by atoms with Crippen molar-refractivity contribution in [2.45, 2.75) is 31.6 Å². The van der Waals surface area contributed by atoms with Crippen LogP contribution in [0.5, 0.6) is 0 Å². The number of benzene rings is 1. The molecular formula is C18H17FN4O2. The highest BCUT2D eigenvalue weighted by Crippen LogP contribution is 2.34. The standard InChI is InChI=1S/C18H17FN4O2/c19-12-4-6-13(7-5-12)23-15-3-1-2-14(15)16(21-23)18-20-17(22-25-18)11-8-9-24-10-11/h4-7,11H,1-3,8-10H2. The first-order valence-corrected chi connectivity index (χ1v) is 8.58. The van der Waals surface area contributed by atoms with Crippen LogP contribution in [0.15, 0.2) is 28.8 Å². The molecule has 1 saturated heterocycles. The number of ether oxygens (including phenoxy) is 1. The van der Waals surface area contributed by atoms with E-state index in [1.165, 1.54) is 12.1 Å². The topological polar surface area (TPSA) is 66.0 Å². The first-order valence-electron chi connectivity index (χ1n) is 8.58. The summed E-state index contributed by atoms with van der Waals surface area (Å²) in [5.74, 6) is 1.09. The van der Waals surface area contributed by atoms with Gasteiger partial charge in [0.05, 0.1) is 12.3 Å². The number of hydrogen-bond acceptors (Lipinski definition) is 5. The van der Waals surface area contributed by atoms with Gasteiger partial charge in [-0.2, -0.15) is 10.1 Å². The number of nitrogens with zero attached hydrogens (tertiary/aromatic N) is 4. The highest BCUT2D eigenvalue weighted by Gasteiger charge is 2.29. The van der Waals surface area contributed by atoms with Crippen LogP contribution in [0.2, 0.25) is 0 Å². The van der Waals surface area contributed by atoms with Crippen molar-refractivity contribution in [3.8, 4) is 17.3 Å². The molecule has 3 aromatic rings. The molecule has 5 rings (SSSR count). The van der Waals surface area contributed by atoms with Crippen molar-refractivity contribution in [2.75, 3.05) is 13.2 Å². The van der Waals surface area contributed by atoms with Gasteiger partial charge in [-0.25, -0.2) is 9.07 Å². The lowest BCUT2D eigenvalue weighted by atomic mass is 10.1. The van der Waals surface area contributed by atoms with E-state index in [2.05, 4.69) is 10.1 Å². The molecule has 1 fully saturated rings. The van der Waals surface area contributed by atoms with Crippen LogP contribution in [-0.2, 0) is 17.6 Å². The summed E-state index contributed by atoms with van der Waals surface area (Å²) in [7, 11) is 0. The summed E-state index contributed by atoms with van der Waals surface area (Å²) in [6.45, 7) is 1.38. The summed E-state index contributed by atoms with van der Waals surface area (Å²) >= 11 is 0. The van der Waals surface area contributed by atoms with Crippen molar-refractivity contribution >= 4 is 0 Å². The lowest BCUT2D eigenvalue weighted by Gasteiger charge is -2.04. The molecular weight excluding hydrogens is 323 g/mol. The average Bonchev–Trinajstić information content (AvgIpc) is 3.38. The lowest BCUT2D eigenvalue weighted by Crippen LogP contribution is -2.01. The van der Waals surface area contributed by atoms with E-state index in [0.29, 0.717) is 18.3 Å². The van der Waals surface area contributed by atoms with E-state index < -0.39 is 0 Å². The van der Waals surface area contributed by atoms with Crippen LogP contribution in [0, 0.1) is 5.82 Å². The van der Waals surface area contributed by atoms with E-state index in [4.69, 9.17) is 14.4 Å². The molecule has 6 nitrogen and oxygen atoms in total. The van der Waals surface area contributed by atoms with E-state index in [1.54, 1.807) is 12.1 Å². The molecule has 1 atom stereocenters. The minimum atomic E-state index is -0.256. The maximum atomic E-state index is 13.2. The molecule has 0 N–H and O–H groups in total. The second kappa shape index (κ2) is 5.77. The fourth-order valence-corrected chi connectivity index (χ4v) is 3.64. The highest BCUT2D eigenvalue weighted by molar-refractivity contribution is 5.58. The minimum Gasteiger partial charge on any atom is -0.381 e. The normalized spacial score (nSPS) is 19.5. The van der Waals surface area contributed by atoms with Gasteiger partial charge >= 0.3 is 0 Å². The molecule has 3 heterocycles. The lowest BCUT2D eigenvalue weighted by molar-refractivity contribution is 0.192. The van der Waals surface area contributed by atoms with Crippen molar-refractivity contribution in [3.05, 3.63) is 47.2 Å². The van der Waals surface area contributed by atoms with E-state index in [-0.39, 0.29) is 11.7 Å². The van der Waals surface area contributed by atoms with Crippen LogP contribution in [0.3, 0.4) is 0 Å². The average molecular weight is 340 g/mol. The summed E-state index contributed by atoms with van der Waals surface area (Å²) in [6, 6.07) is 6.37. The number of hydrogen-bond donors (Lipinski definition) is 0. The maximum Gasteiger partial charge on any atom is 0.278 e. The molecule has 0 saturated carbocycles. The Bertz CT molecular complexity index is 910. The number of rotatable bonds is 3. The van der Waals surface area contributed by atoms with Crippen LogP contribution in [-0.4, -0.2) is 33.1 Å². The Kier molecular flexibility index (Phi) is 3.41. The predicted octanol–water partition coefficient (Wildman–Crippen LogP) is 3.05. The Morgan fingerprint density at radius 2 is 2.04 bits per heavy atom. The van der Waals surface area contributed by atoms with Gasteiger partial charge in [0.25, 0.3) is 5.89 Å². The number of aromatic nitrogens is 4. The van der Waals surface area contributed by atoms with Gasteiger partial charge in [-0.3, -0.25) is 0 Å². The number of halogens is 1. The van der Waals surface area contributed by atoms with Gasteiger partial charge < -0.3 is 9.26 Å². The fourth-order valence-electron chi connectivity index (χ4n) is 3.64. The summed E-state index contributed by atoms with van der Waals surface area (Å²) in [4.78, 5) is 4.57. The van der Waals surface area contributed by atoms with Crippen molar-refractivity contribution in [1.29, 1.82) is 0 Å². The van der Waals surface area contributed by atoms with E-state index in [1.807, 2.05) is 4.68 Å². The number of fused-ring (bicyclic) bond motifs is 1. The molecule has 0 radical (unpaired) electrons. The van der Waals surface area contributed by atoms with Crippen LogP contribution < -0.4 is 0 Å². The van der Waals surface area contributed by atoms with E-state index >= 15 is 0 Å². The van der Waals surface area contributed by atoms with Crippen LogP contribution in [0.1, 0.15) is 35.8 Å². The summed E-state index contributed by atoms with van der Waals surface area (Å²) in [5, 5.41) is 8.84. The molecule has 0 amide bonds. The van der Waals surface area contributed by atoms with Gasteiger partial charge in [0.2, 0.25) is 0 Å². The summed E-state index contributed by atoms with van der Waals surface area (Å²) < 4.78 is 26.0. The molecule has 1 aliphatic carbocycles. The summed E-state index contributed by atoms with van der Waals surface area (Å²) in [6.07, 6.45) is 3.87. The molecule has 0 bridgehead atoms. The Labute approximate surface area is 143 Å². The molecule has 2 aromatic heterocycles. The third-order valence-corrected chi connectivity index (χ3v) is 4.94. The molecule has 128 valence electrons. The quantitative estimate of drug-likeness (QED) is 0.733. The molecule has 25 heavy (non-hydrogen) atoms. The molecule has 7 heteroatoms. The second-order valence-corrected chi connectivity index (χ2v) is 6.53. The third-order valence-electron chi connectivity index (χ3n) is 4.94. The largest absolute Gasteiger partial charge is 0.381 e. The Morgan fingerprint density at radius 1 is 1.16 bits per heavy atom. The maximum absolute atomic E-state index is 13.2. The fraction of sp³-hybridized carbons (Fsp3) is 0.389. The van der Waals surface area contributed by atoms with Gasteiger partial charge in [-0.05, 0) is 49.9 Å². The SMILES string of the molecule is Fc1ccc(-n2nc(-c3nc(C4CCOC4)no3)c3c2CCC3)cc1. The van der Waals surface area contributed by atoms with Crippen molar-refractivity contribution in [3.63, 3.8) is 0 Å². The zero-order chi connectivity index (χ0) is 16.8. The van der Waals surface area contributed by atoms with Gasteiger partial charge in [0.15, 0.2) is 11.5 Å². The van der Waals surface area contributed by atoms with Crippen molar-refractivity contribution < 1.29 is 13.7 Å². The van der Waals surface area contributed by atoms with Crippen LogP contribution in [0.4, 0.5) is 4.39 Å². The van der Waals surface area contributed by atoms with Gasteiger partial charge in [-0.15, -0.1) is 0 Å². The Morgan fingerprint density at radius 3 is 2.84 bits per heavy atom. The molecule has 0 spiro atoms. The van der Waals surface area contributed by atoms with Gasteiger partial charge in [0.1, 0.15) is 5.82 Å². The van der Waals surface area contributed by atoms with E-state index in [9.17, 15) is 4.39 Å². The molecule has 1 unspecified atom stereocenters. The van der Waals surface area contributed by atoms with Crippen LogP contribution >= 0.6 is 0 Å². The highest BCUT2D eigenvalue weighted by atomic mass is 19.1. The van der Waals surface area contributed by atoms with Gasteiger partial charge in [0, 0.05) is 23.8 Å². The second-order valence-electron chi connectivity index (χ2n) is 6.53. The Hall–Kier alpha value is -2.54.